The van der Waals surface area contributed by atoms with Crippen LogP contribution < -0.4 is 9.64 Å². The molecule has 2 aromatic heterocycles. The molecule has 5 aliphatic rings. The zero-order chi connectivity index (χ0) is 44.3. The fraction of sp³-hybridized carbons (Fsp3) is 0.383. The highest BCUT2D eigenvalue weighted by Crippen LogP contribution is 2.65. The molecule has 6 atom stereocenters. The van der Waals surface area contributed by atoms with E-state index in [2.05, 4.69) is 21.8 Å². The summed E-state index contributed by atoms with van der Waals surface area (Å²) < 4.78 is 47.7. The minimum absolute atomic E-state index is 0.0316. The maximum absolute atomic E-state index is 15.2. The number of carbonyl (C=O) groups is 4. The van der Waals surface area contributed by atoms with Crippen LogP contribution in [0.15, 0.2) is 84.4 Å². The largest absolute Gasteiger partial charge is 0.573 e. The van der Waals surface area contributed by atoms with Gasteiger partial charge in [-0.2, -0.15) is 5.10 Å². The van der Waals surface area contributed by atoms with E-state index in [1.54, 1.807) is 26.1 Å². The third-order valence-electron chi connectivity index (χ3n) is 14.2. The number of phenolic OH excluding ortho intramolecular Hbond substituents is 1. The molecular formula is C47H43ClF3N5O6S. The van der Waals surface area contributed by atoms with Crippen molar-refractivity contribution in [3.8, 4) is 22.1 Å². The van der Waals surface area contributed by atoms with E-state index >= 15 is 9.59 Å². The molecule has 3 saturated heterocycles. The third kappa shape index (κ3) is 6.68. The van der Waals surface area contributed by atoms with Gasteiger partial charge in [0.25, 0.3) is 0 Å². The van der Waals surface area contributed by atoms with Crippen LogP contribution in [0.25, 0.3) is 20.7 Å². The number of phenols is 1. The first-order valence-electron chi connectivity index (χ1n) is 21.1. The van der Waals surface area contributed by atoms with Crippen molar-refractivity contribution in [1.82, 2.24) is 19.6 Å². The normalized spacial score (nSPS) is 26.7. The predicted molar refractivity (Wildman–Crippen MR) is 230 cm³/mol. The molecule has 326 valence electrons. The van der Waals surface area contributed by atoms with Crippen LogP contribution in [0.5, 0.6) is 11.5 Å². The molecule has 6 unspecified atom stereocenters. The van der Waals surface area contributed by atoms with Crippen LogP contribution in [0.3, 0.4) is 0 Å². The van der Waals surface area contributed by atoms with Gasteiger partial charge >= 0.3 is 6.36 Å². The zero-order valence-electron chi connectivity index (χ0n) is 34.6. The van der Waals surface area contributed by atoms with Crippen molar-refractivity contribution < 1.29 is 42.2 Å². The number of halogens is 4. The number of fused-ring (bicyclic) bond motifs is 5. The summed E-state index contributed by atoms with van der Waals surface area (Å²) in [5.41, 5.74) is 1.45. The van der Waals surface area contributed by atoms with Crippen LogP contribution >= 0.6 is 22.9 Å². The number of nitrogens with zero attached hydrogens (tertiary/aromatic N) is 5. The smallest absolute Gasteiger partial charge is 0.508 e. The molecule has 4 fully saturated rings. The van der Waals surface area contributed by atoms with E-state index in [1.165, 1.54) is 26.5 Å². The van der Waals surface area contributed by atoms with Crippen LogP contribution in [0, 0.1) is 36.0 Å². The molecule has 11 nitrogen and oxygen atoms in total. The first-order chi connectivity index (χ1) is 30.0. The number of aryl methyl sites for hydroxylation is 2. The lowest BCUT2D eigenvalue weighted by Crippen LogP contribution is -2.49. The Morgan fingerprint density at radius 1 is 0.952 bits per heavy atom. The lowest BCUT2D eigenvalue weighted by Gasteiger charge is -2.49. The quantitative estimate of drug-likeness (QED) is 0.127. The molecule has 3 aliphatic heterocycles. The summed E-state index contributed by atoms with van der Waals surface area (Å²) in [6.07, 6.45) is -1.87. The minimum atomic E-state index is -5.06. The highest BCUT2D eigenvalue weighted by atomic mass is 35.5. The van der Waals surface area contributed by atoms with Crippen molar-refractivity contribution in [2.45, 2.75) is 64.4 Å². The number of allylic oxidation sites excluding steroid dienone is 2. The van der Waals surface area contributed by atoms with Crippen molar-refractivity contribution in [3.63, 3.8) is 0 Å². The Kier molecular flexibility index (Phi) is 9.92. The van der Waals surface area contributed by atoms with E-state index in [1.807, 2.05) is 43.3 Å². The van der Waals surface area contributed by atoms with Gasteiger partial charge in [0.15, 0.2) is 0 Å². The second-order valence-electron chi connectivity index (χ2n) is 17.7. The Hall–Kier alpha value is -5.51. The number of imide groups is 2. The first kappa shape index (κ1) is 41.5. The van der Waals surface area contributed by atoms with Crippen LogP contribution in [0.2, 0.25) is 5.02 Å². The highest BCUT2D eigenvalue weighted by molar-refractivity contribution is 7.22. The number of thiophene rings is 1. The number of rotatable bonds is 7. The maximum Gasteiger partial charge on any atom is 0.573 e. The third-order valence-corrected chi connectivity index (χ3v) is 15.8. The molecule has 0 bridgehead atoms. The summed E-state index contributed by atoms with van der Waals surface area (Å²) in [6.45, 7) is 5.69. The Bertz CT molecular complexity index is 2760. The molecule has 63 heavy (non-hydrogen) atoms. The van der Waals surface area contributed by atoms with Gasteiger partial charge in [0, 0.05) is 60.0 Å². The maximum atomic E-state index is 15.2. The zero-order valence-corrected chi connectivity index (χ0v) is 36.1. The standard InChI is InChI=1S/C47H43ClF3N5O6S/c1-24-31-19-26(48)9-14-37(31)63-41(24)35-22-38(53(3)52-35)56-43(59)34-21-32-29(40(46(34,2)45(56)61)33-20-28(10-13-36(33)57)62-47(49,50)51)11-12-30-39(32)44(60)55(42(30)58)27-15-17-54(18-16-27)23-25-7-5-4-6-8-25/h4-11,13-14,19-20,22,27,30,32,34,39-40,57H,12,15-18,21,23H2,1-3H3. The summed E-state index contributed by atoms with van der Waals surface area (Å²) in [5, 5.41) is 17.8. The molecule has 0 radical (unpaired) electrons. The molecule has 5 aromatic rings. The van der Waals surface area contributed by atoms with E-state index in [0.29, 0.717) is 42.2 Å². The summed E-state index contributed by atoms with van der Waals surface area (Å²) in [5.74, 6) is -7.21. The fourth-order valence-electron chi connectivity index (χ4n) is 11.3. The summed E-state index contributed by atoms with van der Waals surface area (Å²) >= 11 is 7.81. The Morgan fingerprint density at radius 3 is 2.43 bits per heavy atom. The molecule has 1 N–H and O–H groups in total. The lowest BCUT2D eigenvalue weighted by molar-refractivity contribution is -0.274. The molecule has 4 amide bonds. The van der Waals surface area contributed by atoms with Crippen molar-refractivity contribution in [2.75, 3.05) is 18.0 Å². The fourth-order valence-corrected chi connectivity index (χ4v) is 12.6. The van der Waals surface area contributed by atoms with Crippen LogP contribution in [0.1, 0.15) is 55.2 Å². The Balaban J connectivity index is 1.02. The Labute approximate surface area is 369 Å². The average Bonchev–Trinajstić information content (AvgIpc) is 3.92. The van der Waals surface area contributed by atoms with Gasteiger partial charge in [0.2, 0.25) is 23.6 Å². The van der Waals surface area contributed by atoms with E-state index in [0.717, 1.165) is 50.2 Å². The van der Waals surface area contributed by atoms with Gasteiger partial charge in [-0.3, -0.25) is 33.7 Å². The summed E-state index contributed by atoms with van der Waals surface area (Å²) in [7, 11) is 1.63. The number of amides is 4. The number of aromatic hydroxyl groups is 1. The van der Waals surface area contributed by atoms with Crippen molar-refractivity contribution in [3.05, 3.63) is 106 Å². The number of hydrogen-bond donors (Lipinski definition) is 1. The number of hydrogen-bond acceptors (Lipinski definition) is 9. The highest BCUT2D eigenvalue weighted by Gasteiger charge is 2.68. The van der Waals surface area contributed by atoms with Gasteiger partial charge in [0.05, 0.1) is 28.0 Å². The number of anilines is 1. The number of likely N-dealkylation sites (tertiary alicyclic amines) is 2. The van der Waals surface area contributed by atoms with Crippen LogP contribution in [0.4, 0.5) is 19.0 Å². The molecule has 2 aliphatic carbocycles. The van der Waals surface area contributed by atoms with E-state index in [9.17, 15) is 27.9 Å². The monoisotopic (exact) mass is 897 g/mol. The topological polar surface area (TPSA) is 125 Å². The summed E-state index contributed by atoms with van der Waals surface area (Å²) in [6, 6.07) is 20.1. The molecule has 3 aromatic carbocycles. The summed E-state index contributed by atoms with van der Waals surface area (Å²) in [4.78, 5) is 65.0. The molecule has 16 heteroatoms. The number of piperidine rings is 1. The van der Waals surface area contributed by atoms with Crippen molar-refractivity contribution in [1.29, 1.82) is 0 Å². The lowest BCUT2D eigenvalue weighted by atomic mass is 9.51. The number of benzene rings is 3. The molecule has 0 spiro atoms. The molecule has 10 rings (SSSR count). The average molecular weight is 898 g/mol. The van der Waals surface area contributed by atoms with Crippen LogP contribution in [-0.4, -0.2) is 73.8 Å². The van der Waals surface area contributed by atoms with Gasteiger partial charge < -0.3 is 9.84 Å². The number of alkyl halides is 3. The number of carbonyl (C=O) groups excluding carboxylic acids is 4. The molecule has 5 heterocycles. The first-order valence-corrected chi connectivity index (χ1v) is 22.3. The molecular weight excluding hydrogens is 855 g/mol. The van der Waals surface area contributed by atoms with E-state index in [-0.39, 0.29) is 42.1 Å². The SMILES string of the molecule is Cc1c(-c2cc(N3C(=O)C4CC5C(=CCC6C(=O)N(C7CCN(Cc8ccccc8)CC7)C(=O)C65)C(c5cc(OC(F)(F)F)ccc5O)C4(C)C3=O)n(C)n2)sc2ccc(Cl)cc12. The van der Waals surface area contributed by atoms with Gasteiger partial charge in [-0.25, -0.2) is 4.90 Å². The van der Waals surface area contributed by atoms with Crippen LogP contribution in [-0.2, 0) is 32.8 Å². The van der Waals surface area contributed by atoms with Gasteiger partial charge in [-0.15, -0.1) is 24.5 Å². The Morgan fingerprint density at radius 2 is 1.70 bits per heavy atom. The van der Waals surface area contributed by atoms with Gasteiger partial charge in [-0.05, 0) is 98.4 Å². The van der Waals surface area contributed by atoms with Gasteiger partial charge in [0.1, 0.15) is 23.0 Å². The molecule has 1 saturated carbocycles. The second kappa shape index (κ2) is 15.1. The minimum Gasteiger partial charge on any atom is -0.508 e. The van der Waals surface area contributed by atoms with Crippen molar-refractivity contribution in [2.24, 2.45) is 36.1 Å². The number of aromatic nitrogens is 2. The predicted octanol–water partition coefficient (Wildman–Crippen LogP) is 8.76. The van der Waals surface area contributed by atoms with Gasteiger partial charge in [-0.1, -0.05) is 53.6 Å². The van der Waals surface area contributed by atoms with E-state index < -0.39 is 64.7 Å². The second-order valence-corrected chi connectivity index (χ2v) is 19.2. The van der Waals surface area contributed by atoms with E-state index in [4.69, 9.17) is 16.7 Å². The number of ether oxygens (including phenoxy) is 1. The van der Waals surface area contributed by atoms with Crippen molar-refractivity contribution >= 4 is 62.5 Å².